The van der Waals surface area contributed by atoms with E-state index in [9.17, 15) is 0 Å². The summed E-state index contributed by atoms with van der Waals surface area (Å²) in [5.74, 6) is 1.70. The van der Waals surface area contributed by atoms with Gasteiger partial charge >= 0.3 is 0 Å². The molecule has 0 aromatic carbocycles. The molecule has 0 amide bonds. The molecule has 0 aliphatic heterocycles. The van der Waals surface area contributed by atoms with Crippen molar-refractivity contribution in [1.82, 2.24) is 9.55 Å². The van der Waals surface area contributed by atoms with E-state index in [-0.39, 0.29) is 0 Å². The SMILES string of the molecule is CC(C)c1nccn1CC(C)(C)C. The molecule has 0 N–H and O–H groups in total. The summed E-state index contributed by atoms with van der Waals surface area (Å²) < 4.78 is 2.25. The predicted octanol–water partition coefficient (Wildman–Crippen LogP) is 3.05. The zero-order valence-electron chi connectivity index (χ0n) is 9.33. The summed E-state index contributed by atoms with van der Waals surface area (Å²) in [6, 6.07) is 0. The molecule has 13 heavy (non-hydrogen) atoms. The van der Waals surface area contributed by atoms with Gasteiger partial charge in [0.25, 0.3) is 0 Å². The largest absolute Gasteiger partial charge is 0.334 e. The predicted molar refractivity (Wildman–Crippen MR) is 55.8 cm³/mol. The van der Waals surface area contributed by atoms with Gasteiger partial charge in [-0.15, -0.1) is 0 Å². The maximum absolute atomic E-state index is 4.36. The Morgan fingerprint density at radius 1 is 1.38 bits per heavy atom. The Kier molecular flexibility index (Phi) is 2.79. The second-order valence-electron chi connectivity index (χ2n) is 5.13. The minimum absolute atomic E-state index is 0.324. The summed E-state index contributed by atoms with van der Waals surface area (Å²) in [7, 11) is 0. The van der Waals surface area contributed by atoms with Gasteiger partial charge in [0.15, 0.2) is 0 Å². The molecule has 2 heteroatoms. The van der Waals surface area contributed by atoms with Crippen LogP contribution in [0.4, 0.5) is 0 Å². The molecule has 0 saturated heterocycles. The molecule has 1 aromatic heterocycles. The molecule has 0 radical (unpaired) electrons. The Labute approximate surface area is 81.0 Å². The Bertz CT molecular complexity index is 266. The summed E-state index contributed by atoms with van der Waals surface area (Å²) in [6.45, 7) is 12.1. The number of imidazole rings is 1. The van der Waals surface area contributed by atoms with Crippen LogP contribution in [0.2, 0.25) is 0 Å². The van der Waals surface area contributed by atoms with E-state index in [1.807, 2.05) is 6.20 Å². The second kappa shape index (κ2) is 3.52. The maximum Gasteiger partial charge on any atom is 0.111 e. The van der Waals surface area contributed by atoms with Gasteiger partial charge in [0.05, 0.1) is 0 Å². The van der Waals surface area contributed by atoms with E-state index in [1.54, 1.807) is 0 Å². The molecule has 0 fully saturated rings. The van der Waals surface area contributed by atoms with Crippen molar-refractivity contribution >= 4 is 0 Å². The molecular weight excluding hydrogens is 160 g/mol. The second-order valence-corrected chi connectivity index (χ2v) is 5.13. The van der Waals surface area contributed by atoms with E-state index in [1.165, 1.54) is 5.82 Å². The van der Waals surface area contributed by atoms with Crippen molar-refractivity contribution < 1.29 is 0 Å². The van der Waals surface area contributed by atoms with Crippen LogP contribution in [-0.4, -0.2) is 9.55 Å². The van der Waals surface area contributed by atoms with Gasteiger partial charge in [-0.3, -0.25) is 0 Å². The Morgan fingerprint density at radius 2 is 2.00 bits per heavy atom. The highest BCUT2D eigenvalue weighted by atomic mass is 15.1. The molecule has 0 atom stereocenters. The van der Waals surface area contributed by atoms with E-state index in [0.29, 0.717) is 11.3 Å². The van der Waals surface area contributed by atoms with Crippen LogP contribution in [0.1, 0.15) is 46.4 Å². The molecular formula is C11H20N2. The summed E-state index contributed by atoms with van der Waals surface area (Å²) in [4.78, 5) is 4.36. The fourth-order valence-corrected chi connectivity index (χ4v) is 1.47. The third-order valence-electron chi connectivity index (χ3n) is 1.91. The van der Waals surface area contributed by atoms with Crippen LogP contribution in [0.5, 0.6) is 0 Å². The molecule has 1 heterocycles. The van der Waals surface area contributed by atoms with Crippen LogP contribution in [0.15, 0.2) is 12.4 Å². The smallest absolute Gasteiger partial charge is 0.111 e. The summed E-state index contributed by atoms with van der Waals surface area (Å²) in [5.41, 5.74) is 0.324. The van der Waals surface area contributed by atoms with Crippen LogP contribution in [0, 0.1) is 5.41 Å². The van der Waals surface area contributed by atoms with Gasteiger partial charge in [0.1, 0.15) is 5.82 Å². The van der Waals surface area contributed by atoms with Gasteiger partial charge in [0, 0.05) is 24.9 Å². The lowest BCUT2D eigenvalue weighted by atomic mass is 9.96. The van der Waals surface area contributed by atoms with E-state index >= 15 is 0 Å². The molecule has 0 aliphatic rings. The number of hydrogen-bond donors (Lipinski definition) is 0. The number of nitrogens with zero attached hydrogens (tertiary/aromatic N) is 2. The van der Waals surface area contributed by atoms with Crippen molar-refractivity contribution in [3.05, 3.63) is 18.2 Å². The highest BCUT2D eigenvalue weighted by molar-refractivity contribution is 4.98. The fourth-order valence-electron chi connectivity index (χ4n) is 1.47. The number of hydrogen-bond acceptors (Lipinski definition) is 1. The molecule has 2 nitrogen and oxygen atoms in total. The van der Waals surface area contributed by atoms with Gasteiger partial charge in [-0.1, -0.05) is 34.6 Å². The molecule has 1 aromatic rings. The standard InChI is InChI=1S/C11H20N2/c1-9(2)10-12-6-7-13(10)8-11(3,4)5/h6-7,9H,8H2,1-5H3. The quantitative estimate of drug-likeness (QED) is 0.684. The van der Waals surface area contributed by atoms with Crippen LogP contribution in [0.3, 0.4) is 0 Å². The van der Waals surface area contributed by atoms with Crippen molar-refractivity contribution in [1.29, 1.82) is 0 Å². The van der Waals surface area contributed by atoms with E-state index in [4.69, 9.17) is 0 Å². The average molecular weight is 180 g/mol. The zero-order valence-corrected chi connectivity index (χ0v) is 9.33. The molecule has 0 saturated carbocycles. The van der Waals surface area contributed by atoms with Crippen LogP contribution in [-0.2, 0) is 6.54 Å². The maximum atomic E-state index is 4.36. The van der Waals surface area contributed by atoms with Gasteiger partial charge in [0.2, 0.25) is 0 Å². The van der Waals surface area contributed by atoms with Crippen molar-refractivity contribution in [2.75, 3.05) is 0 Å². The monoisotopic (exact) mass is 180 g/mol. The first-order valence-electron chi connectivity index (χ1n) is 4.91. The van der Waals surface area contributed by atoms with Crippen LogP contribution < -0.4 is 0 Å². The molecule has 0 spiro atoms. The van der Waals surface area contributed by atoms with Gasteiger partial charge in [-0.05, 0) is 5.41 Å². The normalized spacial score (nSPS) is 12.5. The molecule has 0 bridgehead atoms. The topological polar surface area (TPSA) is 17.8 Å². The van der Waals surface area contributed by atoms with Crippen molar-refractivity contribution in [2.45, 2.75) is 47.1 Å². The molecule has 1 rings (SSSR count). The highest BCUT2D eigenvalue weighted by Gasteiger charge is 2.14. The Morgan fingerprint density at radius 3 is 2.46 bits per heavy atom. The third-order valence-corrected chi connectivity index (χ3v) is 1.91. The van der Waals surface area contributed by atoms with Crippen molar-refractivity contribution in [3.8, 4) is 0 Å². The lowest BCUT2D eigenvalue weighted by molar-refractivity contribution is 0.335. The van der Waals surface area contributed by atoms with Crippen molar-refractivity contribution in [3.63, 3.8) is 0 Å². The van der Waals surface area contributed by atoms with Crippen LogP contribution in [0.25, 0.3) is 0 Å². The molecule has 74 valence electrons. The molecule has 0 unspecified atom stereocenters. The zero-order chi connectivity index (χ0) is 10.1. The average Bonchev–Trinajstić information content (AvgIpc) is 2.31. The summed E-state index contributed by atoms with van der Waals surface area (Å²) in [5, 5.41) is 0. The first-order valence-corrected chi connectivity index (χ1v) is 4.91. The van der Waals surface area contributed by atoms with E-state index in [0.717, 1.165) is 6.54 Å². The highest BCUT2D eigenvalue weighted by Crippen LogP contribution is 2.20. The number of aromatic nitrogens is 2. The van der Waals surface area contributed by atoms with E-state index in [2.05, 4.69) is 50.4 Å². The lowest BCUT2D eigenvalue weighted by Crippen LogP contribution is -2.17. The van der Waals surface area contributed by atoms with Gasteiger partial charge in [-0.2, -0.15) is 0 Å². The first kappa shape index (κ1) is 10.3. The van der Waals surface area contributed by atoms with E-state index < -0.39 is 0 Å². The minimum atomic E-state index is 0.324. The van der Waals surface area contributed by atoms with Crippen molar-refractivity contribution in [2.24, 2.45) is 5.41 Å². The Hall–Kier alpha value is -0.790. The van der Waals surface area contributed by atoms with Gasteiger partial charge < -0.3 is 4.57 Å². The first-order chi connectivity index (χ1) is 5.90. The summed E-state index contributed by atoms with van der Waals surface area (Å²) >= 11 is 0. The molecule has 0 aliphatic carbocycles. The minimum Gasteiger partial charge on any atom is -0.334 e. The third kappa shape index (κ3) is 2.87. The lowest BCUT2D eigenvalue weighted by Gasteiger charge is -2.21. The number of rotatable bonds is 2. The van der Waals surface area contributed by atoms with Gasteiger partial charge in [-0.25, -0.2) is 4.98 Å². The van der Waals surface area contributed by atoms with Crippen LogP contribution >= 0.6 is 0 Å². The fraction of sp³-hybridized carbons (Fsp3) is 0.727. The summed E-state index contributed by atoms with van der Waals surface area (Å²) in [6.07, 6.45) is 3.96. The Balaban J connectivity index is 2.83.